The third-order valence-corrected chi connectivity index (χ3v) is 5.60. The maximum Gasteiger partial charge on any atom is 0.236 e. The number of amides is 1. The van der Waals surface area contributed by atoms with E-state index in [-0.39, 0.29) is 17.4 Å². The smallest absolute Gasteiger partial charge is 0.236 e. The first-order valence-electron chi connectivity index (χ1n) is 5.79. The molecule has 0 fully saturated rings. The van der Waals surface area contributed by atoms with E-state index in [9.17, 15) is 9.59 Å². The van der Waals surface area contributed by atoms with Gasteiger partial charge in [0.2, 0.25) is 5.91 Å². The molecule has 0 aromatic carbocycles. The third-order valence-electron chi connectivity index (χ3n) is 2.29. The fraction of sp³-hybridized carbons (Fsp3) is 0.333. The highest BCUT2D eigenvalue weighted by Crippen LogP contribution is 2.25. The molecule has 0 saturated heterocycles. The molecule has 8 heteroatoms. The first-order valence-corrected chi connectivity index (χ1v) is 8.47. The van der Waals surface area contributed by atoms with Gasteiger partial charge in [0.05, 0.1) is 16.3 Å². The first kappa shape index (κ1) is 15.1. The molecule has 20 heavy (non-hydrogen) atoms. The summed E-state index contributed by atoms with van der Waals surface area (Å²) >= 11 is 4.12. The summed E-state index contributed by atoms with van der Waals surface area (Å²) in [5, 5.41) is 5.12. The van der Waals surface area contributed by atoms with Crippen molar-refractivity contribution >= 4 is 51.3 Å². The van der Waals surface area contributed by atoms with Crippen LogP contribution in [0.4, 0.5) is 5.13 Å². The summed E-state index contributed by atoms with van der Waals surface area (Å²) in [6, 6.07) is 0. The molecule has 0 bridgehead atoms. The van der Waals surface area contributed by atoms with Crippen LogP contribution in [0.2, 0.25) is 0 Å². The van der Waals surface area contributed by atoms with Gasteiger partial charge in [0, 0.05) is 18.0 Å². The SMILES string of the molecule is CC(=O)c1sc(NC(=O)CSc2nc(C)cs2)nc1C. The molecule has 106 valence electrons. The van der Waals surface area contributed by atoms with Gasteiger partial charge < -0.3 is 5.32 Å². The van der Waals surface area contributed by atoms with Gasteiger partial charge in [-0.2, -0.15) is 0 Å². The number of ketones is 1. The average molecular weight is 327 g/mol. The lowest BCUT2D eigenvalue weighted by Crippen LogP contribution is -2.13. The third kappa shape index (κ3) is 3.87. The Morgan fingerprint density at radius 3 is 2.65 bits per heavy atom. The molecular formula is C12H13N3O2S3. The fourth-order valence-corrected chi connectivity index (χ4v) is 3.99. The van der Waals surface area contributed by atoms with E-state index in [1.54, 1.807) is 6.92 Å². The van der Waals surface area contributed by atoms with Gasteiger partial charge >= 0.3 is 0 Å². The maximum absolute atomic E-state index is 11.8. The van der Waals surface area contributed by atoms with Crippen LogP contribution < -0.4 is 5.32 Å². The van der Waals surface area contributed by atoms with Crippen molar-refractivity contribution in [2.24, 2.45) is 0 Å². The van der Waals surface area contributed by atoms with Gasteiger partial charge in [-0.15, -0.1) is 11.3 Å². The van der Waals surface area contributed by atoms with E-state index in [0.29, 0.717) is 15.7 Å². The molecule has 2 aromatic heterocycles. The van der Waals surface area contributed by atoms with Crippen LogP contribution in [0.25, 0.3) is 0 Å². The number of thiazole rings is 2. The van der Waals surface area contributed by atoms with Crippen molar-refractivity contribution in [1.29, 1.82) is 0 Å². The second kappa shape index (κ2) is 6.47. The van der Waals surface area contributed by atoms with E-state index in [2.05, 4.69) is 15.3 Å². The summed E-state index contributed by atoms with van der Waals surface area (Å²) in [6.07, 6.45) is 0. The van der Waals surface area contributed by atoms with Crippen LogP contribution in [0.1, 0.15) is 28.0 Å². The predicted molar refractivity (Wildman–Crippen MR) is 83.1 cm³/mol. The number of Topliss-reactive ketones (excluding diaryl/α,β-unsaturated/α-hetero) is 1. The first-order chi connectivity index (χ1) is 9.45. The number of thioether (sulfide) groups is 1. The van der Waals surface area contributed by atoms with E-state index in [1.807, 2.05) is 12.3 Å². The highest BCUT2D eigenvalue weighted by molar-refractivity contribution is 8.01. The Labute approximate surface area is 128 Å². The van der Waals surface area contributed by atoms with Crippen LogP contribution in [0.3, 0.4) is 0 Å². The molecule has 0 radical (unpaired) electrons. The van der Waals surface area contributed by atoms with E-state index >= 15 is 0 Å². The number of rotatable bonds is 5. The number of hydrogen-bond acceptors (Lipinski definition) is 7. The number of aryl methyl sites for hydroxylation is 2. The average Bonchev–Trinajstić information content (AvgIpc) is 2.93. The number of hydrogen-bond donors (Lipinski definition) is 1. The minimum atomic E-state index is -0.147. The number of carbonyl (C=O) groups is 2. The number of anilines is 1. The number of carbonyl (C=O) groups excluding carboxylic acids is 2. The monoisotopic (exact) mass is 327 g/mol. The fourth-order valence-electron chi connectivity index (χ4n) is 1.46. The van der Waals surface area contributed by atoms with Crippen molar-refractivity contribution in [2.75, 3.05) is 11.1 Å². The molecule has 2 rings (SSSR count). The second-order valence-electron chi connectivity index (χ2n) is 4.08. The molecular weight excluding hydrogens is 314 g/mol. The van der Waals surface area contributed by atoms with Crippen LogP contribution in [0.15, 0.2) is 9.72 Å². The predicted octanol–water partition coefficient (Wildman–Crippen LogP) is 3.15. The number of nitrogens with one attached hydrogen (secondary N) is 1. The van der Waals surface area contributed by atoms with Crippen LogP contribution in [-0.4, -0.2) is 27.4 Å². The molecule has 0 atom stereocenters. The molecule has 0 unspecified atom stereocenters. The zero-order chi connectivity index (χ0) is 14.7. The van der Waals surface area contributed by atoms with Gasteiger partial charge in [-0.25, -0.2) is 9.97 Å². The zero-order valence-electron chi connectivity index (χ0n) is 11.2. The maximum atomic E-state index is 11.8. The van der Waals surface area contributed by atoms with Crippen molar-refractivity contribution in [2.45, 2.75) is 25.1 Å². The quantitative estimate of drug-likeness (QED) is 0.674. The topological polar surface area (TPSA) is 72.0 Å². The van der Waals surface area contributed by atoms with Crippen molar-refractivity contribution in [3.63, 3.8) is 0 Å². The molecule has 5 nitrogen and oxygen atoms in total. The molecule has 2 heterocycles. The molecule has 1 N–H and O–H groups in total. The molecule has 0 aliphatic heterocycles. The molecule has 2 aromatic rings. The molecule has 1 amide bonds. The highest BCUT2D eigenvalue weighted by atomic mass is 32.2. The van der Waals surface area contributed by atoms with Crippen LogP contribution in [0, 0.1) is 13.8 Å². The normalized spacial score (nSPS) is 10.6. The van der Waals surface area contributed by atoms with Gasteiger partial charge in [0.15, 0.2) is 15.3 Å². The Hall–Kier alpha value is -1.25. The summed E-state index contributed by atoms with van der Waals surface area (Å²) in [5.74, 6) is 0.0981. The van der Waals surface area contributed by atoms with E-state index in [1.165, 1.54) is 41.4 Å². The Morgan fingerprint density at radius 1 is 1.35 bits per heavy atom. The summed E-state index contributed by atoms with van der Waals surface area (Å²) in [6.45, 7) is 5.17. The van der Waals surface area contributed by atoms with Crippen LogP contribution >= 0.6 is 34.4 Å². The lowest BCUT2D eigenvalue weighted by molar-refractivity contribution is -0.113. The number of nitrogens with zero attached hydrogens (tertiary/aromatic N) is 2. The lowest BCUT2D eigenvalue weighted by Gasteiger charge is -1.99. The zero-order valence-corrected chi connectivity index (χ0v) is 13.7. The van der Waals surface area contributed by atoms with Crippen molar-refractivity contribution in [1.82, 2.24) is 9.97 Å². The lowest BCUT2D eigenvalue weighted by atomic mass is 10.3. The van der Waals surface area contributed by atoms with Crippen molar-refractivity contribution < 1.29 is 9.59 Å². The van der Waals surface area contributed by atoms with Crippen molar-refractivity contribution in [3.05, 3.63) is 21.6 Å². The van der Waals surface area contributed by atoms with Gasteiger partial charge in [-0.3, -0.25) is 9.59 Å². The van der Waals surface area contributed by atoms with E-state index in [0.717, 1.165) is 10.0 Å². The van der Waals surface area contributed by atoms with E-state index in [4.69, 9.17) is 0 Å². The molecule has 0 spiro atoms. The van der Waals surface area contributed by atoms with Crippen LogP contribution in [0.5, 0.6) is 0 Å². The van der Waals surface area contributed by atoms with Crippen LogP contribution in [-0.2, 0) is 4.79 Å². The van der Waals surface area contributed by atoms with Gasteiger partial charge in [-0.1, -0.05) is 23.1 Å². The number of aromatic nitrogens is 2. The summed E-state index contributed by atoms with van der Waals surface area (Å²) in [5.41, 5.74) is 1.61. The summed E-state index contributed by atoms with van der Waals surface area (Å²) in [4.78, 5) is 32.2. The molecule has 0 saturated carbocycles. The Morgan fingerprint density at radius 2 is 2.10 bits per heavy atom. The Balaban J connectivity index is 1.91. The Bertz CT molecular complexity index is 648. The Kier molecular flexibility index (Phi) is 4.90. The minimum Gasteiger partial charge on any atom is -0.301 e. The summed E-state index contributed by atoms with van der Waals surface area (Å²) in [7, 11) is 0. The highest BCUT2D eigenvalue weighted by Gasteiger charge is 2.13. The van der Waals surface area contributed by atoms with Gasteiger partial charge in [-0.05, 0) is 13.8 Å². The largest absolute Gasteiger partial charge is 0.301 e. The standard InChI is InChI=1S/C12H13N3O2S3/c1-6-4-18-12(13-6)19-5-9(17)15-11-14-7(2)10(20-11)8(3)16/h4H,5H2,1-3H3,(H,14,15,17). The van der Waals surface area contributed by atoms with E-state index < -0.39 is 0 Å². The second-order valence-corrected chi connectivity index (χ2v) is 7.16. The van der Waals surface area contributed by atoms with Crippen molar-refractivity contribution in [3.8, 4) is 0 Å². The minimum absolute atomic E-state index is 0.0341. The molecule has 0 aliphatic rings. The summed E-state index contributed by atoms with van der Waals surface area (Å²) < 4.78 is 0.873. The molecule has 0 aliphatic carbocycles. The van der Waals surface area contributed by atoms with Gasteiger partial charge in [0.25, 0.3) is 0 Å². The van der Waals surface area contributed by atoms with Gasteiger partial charge in [0.1, 0.15) is 0 Å².